The molecular weight excluding hydrogens is 214 g/mol. The van der Waals surface area contributed by atoms with Gasteiger partial charge < -0.3 is 4.74 Å². The molecular formula is C8H9ClF2N2O. The van der Waals surface area contributed by atoms with Gasteiger partial charge in [-0.2, -0.15) is 0 Å². The van der Waals surface area contributed by atoms with E-state index in [-0.39, 0.29) is 6.01 Å². The third-order valence-corrected chi connectivity index (χ3v) is 1.83. The van der Waals surface area contributed by atoms with Crippen LogP contribution in [0.3, 0.4) is 0 Å². The molecule has 6 heteroatoms. The van der Waals surface area contributed by atoms with Gasteiger partial charge in [-0.05, 0) is 6.92 Å². The van der Waals surface area contributed by atoms with Gasteiger partial charge in [0, 0.05) is 17.5 Å². The molecule has 0 atom stereocenters. The van der Waals surface area contributed by atoms with Crippen molar-refractivity contribution in [1.82, 2.24) is 9.97 Å². The van der Waals surface area contributed by atoms with Crippen LogP contribution in [0.1, 0.15) is 11.3 Å². The van der Waals surface area contributed by atoms with Crippen LogP contribution in [0.15, 0.2) is 6.20 Å². The Morgan fingerprint density at radius 3 is 2.79 bits per heavy atom. The predicted octanol–water partition coefficient (Wildman–Crippen LogP) is 2.17. The van der Waals surface area contributed by atoms with Crippen molar-refractivity contribution in [1.29, 1.82) is 0 Å². The van der Waals surface area contributed by atoms with Crippen LogP contribution in [0, 0.1) is 6.92 Å². The van der Waals surface area contributed by atoms with Crippen molar-refractivity contribution in [3.63, 3.8) is 0 Å². The maximum atomic E-state index is 11.8. The Bertz CT molecular complexity index is 309. The Labute approximate surface area is 85.1 Å². The fraction of sp³-hybridized carbons (Fsp3) is 0.500. The molecule has 0 aliphatic carbocycles. The molecule has 3 nitrogen and oxygen atoms in total. The highest BCUT2D eigenvalue weighted by molar-refractivity contribution is 6.17. The summed E-state index contributed by atoms with van der Waals surface area (Å²) < 4.78 is 28.2. The summed E-state index contributed by atoms with van der Waals surface area (Å²) in [6.07, 6.45) is -1.05. The monoisotopic (exact) mass is 222 g/mol. The quantitative estimate of drug-likeness (QED) is 0.733. The molecule has 0 unspecified atom stereocenters. The number of hydrogen-bond donors (Lipinski definition) is 0. The molecule has 0 radical (unpaired) electrons. The minimum atomic E-state index is -2.52. The molecule has 1 aromatic heterocycles. The summed E-state index contributed by atoms with van der Waals surface area (Å²) in [5, 5.41) is 0. The second kappa shape index (κ2) is 5.05. The fourth-order valence-electron chi connectivity index (χ4n) is 0.809. The third kappa shape index (κ3) is 3.06. The lowest BCUT2D eigenvalue weighted by atomic mass is 10.3. The maximum Gasteiger partial charge on any atom is 0.316 e. The van der Waals surface area contributed by atoms with Crippen molar-refractivity contribution in [3.05, 3.63) is 17.5 Å². The number of ether oxygens (including phenoxy) is 1. The van der Waals surface area contributed by atoms with Gasteiger partial charge in [0.05, 0.1) is 5.88 Å². The van der Waals surface area contributed by atoms with Crippen LogP contribution in [0.2, 0.25) is 0 Å². The van der Waals surface area contributed by atoms with Crippen LogP contribution in [-0.2, 0) is 5.88 Å². The van der Waals surface area contributed by atoms with E-state index in [1.165, 1.54) is 6.20 Å². The van der Waals surface area contributed by atoms with Gasteiger partial charge in [-0.25, -0.2) is 18.7 Å². The normalized spacial score (nSPS) is 10.6. The van der Waals surface area contributed by atoms with Crippen molar-refractivity contribution in [2.75, 3.05) is 6.61 Å². The molecule has 1 aromatic rings. The summed E-state index contributed by atoms with van der Waals surface area (Å²) in [4.78, 5) is 7.60. The van der Waals surface area contributed by atoms with Crippen molar-refractivity contribution >= 4 is 11.6 Å². The molecule has 0 saturated carbocycles. The average molecular weight is 223 g/mol. The van der Waals surface area contributed by atoms with Crippen LogP contribution in [0.25, 0.3) is 0 Å². The van der Waals surface area contributed by atoms with E-state index in [4.69, 9.17) is 11.6 Å². The highest BCUT2D eigenvalue weighted by Crippen LogP contribution is 2.11. The van der Waals surface area contributed by atoms with Crippen LogP contribution in [-0.4, -0.2) is 23.0 Å². The van der Waals surface area contributed by atoms with Crippen molar-refractivity contribution in [2.24, 2.45) is 0 Å². The van der Waals surface area contributed by atoms with E-state index in [2.05, 4.69) is 14.7 Å². The first-order chi connectivity index (χ1) is 6.63. The minimum absolute atomic E-state index is 0.0448. The molecule has 0 aliphatic heterocycles. The van der Waals surface area contributed by atoms with E-state index >= 15 is 0 Å². The topological polar surface area (TPSA) is 35.0 Å². The zero-order chi connectivity index (χ0) is 10.6. The SMILES string of the molecule is Cc1nc(OCC(F)F)ncc1CCl. The Morgan fingerprint density at radius 2 is 2.29 bits per heavy atom. The molecule has 0 aromatic carbocycles. The lowest BCUT2D eigenvalue weighted by molar-refractivity contribution is 0.0769. The third-order valence-electron chi connectivity index (χ3n) is 1.54. The Kier molecular flexibility index (Phi) is 4.00. The van der Waals surface area contributed by atoms with E-state index in [1.807, 2.05) is 0 Å². The number of alkyl halides is 3. The zero-order valence-corrected chi connectivity index (χ0v) is 8.26. The molecule has 14 heavy (non-hydrogen) atoms. The van der Waals surface area contributed by atoms with E-state index in [9.17, 15) is 8.78 Å². The standard InChI is InChI=1S/C8H9ClF2N2O/c1-5-6(2-9)3-12-8(13-5)14-4-7(10)11/h3,7H,2,4H2,1H3. The average Bonchev–Trinajstić information content (AvgIpc) is 2.15. The van der Waals surface area contributed by atoms with E-state index < -0.39 is 13.0 Å². The second-order valence-corrected chi connectivity index (χ2v) is 2.87. The molecule has 0 saturated heterocycles. The summed E-state index contributed by atoms with van der Waals surface area (Å²) in [7, 11) is 0. The van der Waals surface area contributed by atoms with Crippen LogP contribution in [0.5, 0.6) is 6.01 Å². The van der Waals surface area contributed by atoms with Crippen LogP contribution in [0.4, 0.5) is 8.78 Å². The predicted molar refractivity (Wildman–Crippen MR) is 47.8 cm³/mol. The molecule has 0 N–H and O–H groups in total. The zero-order valence-electron chi connectivity index (χ0n) is 7.51. The van der Waals surface area contributed by atoms with Gasteiger partial charge >= 0.3 is 6.01 Å². The fourth-order valence-corrected chi connectivity index (χ4v) is 1.07. The number of nitrogens with zero attached hydrogens (tertiary/aromatic N) is 2. The van der Waals surface area contributed by atoms with Crippen molar-refractivity contribution in [2.45, 2.75) is 19.2 Å². The van der Waals surface area contributed by atoms with Crippen LogP contribution < -0.4 is 4.74 Å². The Morgan fingerprint density at radius 1 is 1.57 bits per heavy atom. The maximum absolute atomic E-state index is 11.8. The molecule has 0 amide bonds. The van der Waals surface area contributed by atoms with Gasteiger partial charge in [-0.1, -0.05) is 0 Å². The lowest BCUT2D eigenvalue weighted by Crippen LogP contribution is -2.09. The summed E-state index contributed by atoms with van der Waals surface area (Å²) in [6, 6.07) is -0.0448. The first-order valence-electron chi connectivity index (χ1n) is 3.93. The molecule has 0 bridgehead atoms. The number of halogens is 3. The van der Waals surface area contributed by atoms with Crippen LogP contribution >= 0.6 is 11.6 Å². The van der Waals surface area contributed by atoms with Gasteiger partial charge in [-0.3, -0.25) is 0 Å². The Balaban J connectivity index is 2.66. The summed E-state index contributed by atoms with van der Waals surface area (Å²) in [5.41, 5.74) is 1.40. The first kappa shape index (κ1) is 11.1. The molecule has 0 spiro atoms. The molecule has 1 heterocycles. The van der Waals surface area contributed by atoms with Gasteiger partial charge in [0.15, 0.2) is 6.61 Å². The summed E-state index contributed by atoms with van der Waals surface area (Å²) in [6.45, 7) is 1.02. The molecule has 1 rings (SSSR count). The van der Waals surface area contributed by atoms with E-state index in [0.717, 1.165) is 5.56 Å². The smallest absolute Gasteiger partial charge is 0.316 e. The number of aryl methyl sites for hydroxylation is 1. The number of hydrogen-bond acceptors (Lipinski definition) is 3. The van der Waals surface area contributed by atoms with Gasteiger partial charge in [0.1, 0.15) is 0 Å². The highest BCUT2D eigenvalue weighted by atomic mass is 35.5. The largest absolute Gasteiger partial charge is 0.457 e. The number of aromatic nitrogens is 2. The molecule has 0 aliphatic rings. The Hall–Kier alpha value is -0.970. The van der Waals surface area contributed by atoms with E-state index in [0.29, 0.717) is 11.6 Å². The first-order valence-corrected chi connectivity index (χ1v) is 4.46. The van der Waals surface area contributed by atoms with Crippen molar-refractivity contribution < 1.29 is 13.5 Å². The molecule has 78 valence electrons. The number of rotatable bonds is 4. The minimum Gasteiger partial charge on any atom is -0.457 e. The highest BCUT2D eigenvalue weighted by Gasteiger charge is 2.07. The van der Waals surface area contributed by atoms with Crippen molar-refractivity contribution in [3.8, 4) is 6.01 Å². The van der Waals surface area contributed by atoms with E-state index in [1.54, 1.807) is 6.92 Å². The second-order valence-electron chi connectivity index (χ2n) is 2.60. The lowest BCUT2D eigenvalue weighted by Gasteiger charge is -2.05. The van der Waals surface area contributed by atoms with Gasteiger partial charge in [-0.15, -0.1) is 11.6 Å². The summed E-state index contributed by atoms with van der Waals surface area (Å²) >= 11 is 5.57. The van der Waals surface area contributed by atoms with Gasteiger partial charge in [0.2, 0.25) is 0 Å². The molecule has 0 fully saturated rings. The summed E-state index contributed by atoms with van der Waals surface area (Å²) in [5.74, 6) is 0.293. The van der Waals surface area contributed by atoms with Gasteiger partial charge in [0.25, 0.3) is 6.43 Å².